The second-order valence-electron chi connectivity index (χ2n) is 12.3. The minimum atomic E-state index is -4.04. The molecule has 8 nitrogen and oxygen atoms in total. The lowest BCUT2D eigenvalue weighted by molar-refractivity contribution is -0.904. The van der Waals surface area contributed by atoms with E-state index in [0.717, 1.165) is 12.8 Å². The average Bonchev–Trinajstić information content (AvgIpc) is 2.92. The third kappa shape index (κ3) is 23.8. The Bertz CT molecular complexity index is 660. The Balaban J connectivity index is 3.79. The Hall–Kier alpha value is -0.310. The number of hydrogen-bond acceptors (Lipinski definition) is 6. The van der Waals surface area contributed by atoms with Gasteiger partial charge in [0.25, 0.3) is 0 Å². The van der Waals surface area contributed by atoms with Gasteiger partial charge in [0, 0.05) is 19.4 Å². The van der Waals surface area contributed by atoms with Gasteiger partial charge in [0.2, 0.25) is 0 Å². The quantitative estimate of drug-likeness (QED) is 0.0222. The molecule has 0 rings (SSSR count). The van der Waals surface area contributed by atoms with Crippen molar-refractivity contribution >= 4 is 7.60 Å². The van der Waals surface area contributed by atoms with Gasteiger partial charge in [0.15, 0.2) is 12.1 Å². The number of ether oxygens (including phenoxy) is 1. The molecule has 0 spiro atoms. The molecule has 246 valence electrons. The molecule has 0 aromatic rings. The summed E-state index contributed by atoms with van der Waals surface area (Å²) >= 11 is 0. The highest BCUT2D eigenvalue weighted by atomic mass is 31.2. The van der Waals surface area contributed by atoms with Gasteiger partial charge < -0.3 is 34.0 Å². The number of hydrogen-bond donors (Lipinski definition) is 4. The highest BCUT2D eigenvalue weighted by molar-refractivity contribution is 7.53. The van der Waals surface area contributed by atoms with Gasteiger partial charge >= 0.3 is 7.60 Å². The molecule has 0 aliphatic heterocycles. The molecule has 0 saturated heterocycles. The molecule has 41 heavy (non-hydrogen) atoms. The van der Waals surface area contributed by atoms with E-state index in [9.17, 15) is 24.8 Å². The highest BCUT2D eigenvalue weighted by Gasteiger charge is 2.44. The van der Waals surface area contributed by atoms with Gasteiger partial charge in [-0.15, -0.1) is 0 Å². The zero-order chi connectivity index (χ0) is 30.8. The molecule has 0 fully saturated rings. The van der Waals surface area contributed by atoms with E-state index in [0.29, 0.717) is 26.0 Å². The molecular weight excluding hydrogens is 541 g/mol. The molecule has 0 heterocycles. The minimum Gasteiger partial charge on any atom is -0.388 e. The molecule has 0 bridgehead atoms. The van der Waals surface area contributed by atoms with Crippen LogP contribution < -0.4 is 0 Å². The van der Waals surface area contributed by atoms with E-state index in [4.69, 9.17) is 9.26 Å². The smallest absolute Gasteiger partial charge is 0.385 e. The van der Waals surface area contributed by atoms with Crippen molar-refractivity contribution in [3.8, 4) is 0 Å². The Labute approximate surface area is 252 Å². The summed E-state index contributed by atoms with van der Waals surface area (Å²) in [6.07, 6.45) is 23.9. The number of nitrogens with zero attached hydrogens (tertiary/aromatic N) is 1. The van der Waals surface area contributed by atoms with Crippen LogP contribution in [0.5, 0.6) is 0 Å². The summed E-state index contributed by atoms with van der Waals surface area (Å²) in [4.78, 5) is 10.6. The third-order valence-corrected chi connectivity index (χ3v) is 9.91. The first-order valence-corrected chi connectivity index (χ1v) is 18.3. The van der Waals surface area contributed by atoms with Crippen LogP contribution in [0.2, 0.25) is 0 Å². The van der Waals surface area contributed by atoms with Crippen LogP contribution >= 0.6 is 7.60 Å². The van der Waals surface area contributed by atoms with E-state index in [2.05, 4.69) is 19.1 Å². The first-order chi connectivity index (χ1) is 19.6. The Morgan fingerprint density at radius 3 is 1.73 bits per heavy atom. The SMILES string of the molecule is CCCCCCC/C=C\CCCCCCCCCCCOC[C@@H](O)COP(=O)(O)C(CCC)[N+](C)(C)CCC(O)O. The fraction of sp³-hybridized carbons (Fsp3) is 0.938. The number of quaternary nitrogens is 1. The highest BCUT2D eigenvalue weighted by Crippen LogP contribution is 2.52. The van der Waals surface area contributed by atoms with Gasteiger partial charge in [-0.05, 0) is 38.5 Å². The lowest BCUT2D eigenvalue weighted by Gasteiger charge is -2.39. The molecular formula is C32H67NO7P+. The standard InChI is InChI=1S/C32H66NO7P/c1-5-7-8-9-10-11-12-13-14-15-16-17-18-19-20-21-22-23-27-39-28-30(34)29-40-41(37,38)31(24-6-2)33(3,4)26-25-32(35)36/h12-13,30-32,34-36H,5-11,14-29H2,1-4H3/p+1/b13-12-/t30-,31?/m1/s1. The molecule has 0 aliphatic rings. The van der Waals surface area contributed by atoms with Gasteiger partial charge in [0.1, 0.15) is 6.10 Å². The van der Waals surface area contributed by atoms with Crippen molar-refractivity contribution in [2.75, 3.05) is 40.5 Å². The molecule has 9 heteroatoms. The molecule has 0 saturated carbocycles. The van der Waals surface area contributed by atoms with E-state index < -0.39 is 25.8 Å². The Morgan fingerprint density at radius 1 is 0.707 bits per heavy atom. The second kappa shape index (κ2) is 26.1. The van der Waals surface area contributed by atoms with Crippen LogP contribution in [0.15, 0.2) is 12.2 Å². The van der Waals surface area contributed by atoms with Crippen LogP contribution in [0.25, 0.3) is 0 Å². The number of allylic oxidation sites excluding steroid dienone is 2. The maximum atomic E-state index is 13.0. The lowest BCUT2D eigenvalue weighted by Crippen LogP contribution is -2.50. The molecule has 3 atom stereocenters. The average molecular weight is 609 g/mol. The fourth-order valence-corrected chi connectivity index (χ4v) is 7.16. The zero-order valence-electron chi connectivity index (χ0n) is 27.1. The fourth-order valence-electron chi connectivity index (χ4n) is 5.11. The normalized spacial score (nSPS) is 15.5. The molecule has 0 aromatic carbocycles. The molecule has 2 unspecified atom stereocenters. The Morgan fingerprint density at radius 2 is 1.22 bits per heavy atom. The van der Waals surface area contributed by atoms with E-state index in [-0.39, 0.29) is 24.1 Å². The molecule has 0 radical (unpaired) electrons. The topological polar surface area (TPSA) is 116 Å². The van der Waals surface area contributed by atoms with Crippen molar-refractivity contribution in [1.82, 2.24) is 0 Å². The van der Waals surface area contributed by atoms with Crippen molar-refractivity contribution in [3.05, 3.63) is 12.2 Å². The second-order valence-corrected chi connectivity index (χ2v) is 14.3. The largest absolute Gasteiger partial charge is 0.388 e. The summed E-state index contributed by atoms with van der Waals surface area (Å²) in [6, 6.07) is 0. The summed E-state index contributed by atoms with van der Waals surface area (Å²) in [5.41, 5.74) is 0. The summed E-state index contributed by atoms with van der Waals surface area (Å²) < 4.78 is 24.0. The Kier molecular flexibility index (Phi) is 25.9. The first-order valence-electron chi connectivity index (χ1n) is 16.6. The van der Waals surface area contributed by atoms with Crippen molar-refractivity contribution in [3.63, 3.8) is 0 Å². The number of aliphatic hydroxyl groups excluding tert-OH is 2. The van der Waals surface area contributed by atoms with Gasteiger partial charge in [0.05, 0.1) is 33.9 Å². The van der Waals surface area contributed by atoms with E-state index in [1.165, 1.54) is 89.9 Å². The summed E-state index contributed by atoms with van der Waals surface area (Å²) in [7, 11) is -0.478. The van der Waals surface area contributed by atoms with E-state index in [1.54, 1.807) is 14.1 Å². The van der Waals surface area contributed by atoms with Gasteiger partial charge in [-0.2, -0.15) is 0 Å². The van der Waals surface area contributed by atoms with Gasteiger partial charge in [-0.1, -0.05) is 96.6 Å². The zero-order valence-corrected chi connectivity index (χ0v) is 28.0. The summed E-state index contributed by atoms with van der Waals surface area (Å²) in [6.45, 7) is 4.87. The summed E-state index contributed by atoms with van der Waals surface area (Å²) in [5, 5.41) is 28.6. The van der Waals surface area contributed by atoms with Crippen molar-refractivity contribution in [1.29, 1.82) is 0 Å². The van der Waals surface area contributed by atoms with Crippen LogP contribution in [0.4, 0.5) is 0 Å². The van der Waals surface area contributed by atoms with E-state index in [1.807, 2.05) is 6.92 Å². The predicted octanol–water partition coefficient (Wildman–Crippen LogP) is 7.29. The van der Waals surface area contributed by atoms with Crippen molar-refractivity contribution in [2.24, 2.45) is 0 Å². The van der Waals surface area contributed by atoms with Crippen LogP contribution in [-0.2, 0) is 13.8 Å². The van der Waals surface area contributed by atoms with Crippen molar-refractivity contribution in [2.45, 2.75) is 154 Å². The summed E-state index contributed by atoms with van der Waals surface area (Å²) in [5.74, 6) is -0.712. The molecule has 0 aromatic heterocycles. The van der Waals surface area contributed by atoms with E-state index >= 15 is 0 Å². The van der Waals surface area contributed by atoms with Gasteiger partial charge in [-0.3, -0.25) is 4.57 Å². The van der Waals surface area contributed by atoms with Gasteiger partial charge in [-0.25, -0.2) is 0 Å². The lowest BCUT2D eigenvalue weighted by atomic mass is 10.1. The van der Waals surface area contributed by atoms with Crippen LogP contribution in [0, 0.1) is 0 Å². The molecule has 0 amide bonds. The molecule has 4 N–H and O–H groups in total. The number of unbranched alkanes of at least 4 members (excludes halogenated alkanes) is 14. The molecule has 0 aliphatic carbocycles. The maximum absolute atomic E-state index is 13.0. The minimum absolute atomic E-state index is 0.0710. The van der Waals surface area contributed by atoms with Crippen LogP contribution in [0.1, 0.15) is 136 Å². The monoisotopic (exact) mass is 608 g/mol. The maximum Gasteiger partial charge on any atom is 0.385 e. The number of aliphatic hydroxyl groups is 3. The van der Waals surface area contributed by atoms with Crippen LogP contribution in [0.3, 0.4) is 0 Å². The van der Waals surface area contributed by atoms with Crippen molar-refractivity contribution < 1.29 is 38.5 Å². The number of rotatable bonds is 30. The van der Waals surface area contributed by atoms with Crippen LogP contribution in [-0.4, -0.2) is 83.3 Å². The third-order valence-electron chi connectivity index (χ3n) is 7.76. The first kappa shape index (κ1) is 40.7. The predicted molar refractivity (Wildman–Crippen MR) is 170 cm³/mol.